The molecule has 0 unspecified atom stereocenters. The van der Waals surface area contributed by atoms with E-state index in [0.717, 1.165) is 171 Å². The summed E-state index contributed by atoms with van der Waals surface area (Å²) in [5.41, 5.74) is 7.13. The van der Waals surface area contributed by atoms with Crippen molar-refractivity contribution >= 4 is 11.9 Å². The van der Waals surface area contributed by atoms with Crippen molar-refractivity contribution in [2.45, 2.75) is 287 Å². The maximum Gasteiger partial charge on any atom is 0.306 e. The zero-order valence-corrected chi connectivity index (χ0v) is 56.3. The number of fused-ring (bicyclic) bond motifs is 10. The van der Waals surface area contributed by atoms with E-state index >= 15 is 0 Å². The highest BCUT2D eigenvalue weighted by atomic mass is 16.5. The van der Waals surface area contributed by atoms with Crippen LogP contribution < -0.4 is 9.47 Å². The maximum absolute atomic E-state index is 13.1. The number of allylic oxidation sites excluding steroid dienone is 2. The van der Waals surface area contributed by atoms with Crippen LogP contribution in [0.2, 0.25) is 0 Å². The minimum atomic E-state index is -0.0217. The van der Waals surface area contributed by atoms with Gasteiger partial charge in [0.15, 0.2) is 0 Å². The molecule has 0 amide bonds. The average Bonchev–Trinajstić information content (AvgIpc) is 4.01. The lowest BCUT2D eigenvalue weighted by Crippen LogP contribution is -2.51. The smallest absolute Gasteiger partial charge is 0.306 e. The van der Waals surface area contributed by atoms with Crippen LogP contribution in [0.4, 0.5) is 0 Å². The number of benzene rings is 2. The third-order valence-electron chi connectivity index (χ3n) is 26.2. The second kappa shape index (κ2) is 29.2. The summed E-state index contributed by atoms with van der Waals surface area (Å²) in [6.07, 6.45) is 42.8. The van der Waals surface area contributed by atoms with Crippen LogP contribution in [-0.2, 0) is 19.1 Å². The second-order valence-electron chi connectivity index (χ2n) is 32.4. The van der Waals surface area contributed by atoms with Crippen molar-refractivity contribution in [1.82, 2.24) is 0 Å². The molecule has 6 saturated carbocycles. The van der Waals surface area contributed by atoms with Gasteiger partial charge >= 0.3 is 11.9 Å². The molecule has 0 radical (unpaired) electrons. The molecule has 8 aliphatic carbocycles. The molecule has 8 aliphatic rings. The topological polar surface area (TPSA) is 71.1 Å². The van der Waals surface area contributed by atoms with Crippen LogP contribution in [0.1, 0.15) is 275 Å². The molecule has 10 rings (SSSR count). The van der Waals surface area contributed by atoms with Gasteiger partial charge in [-0.15, -0.1) is 0 Å². The average molecular weight is 1180 g/mol. The third-order valence-corrected chi connectivity index (χ3v) is 26.2. The molecular formula is C80H122O6. The van der Waals surface area contributed by atoms with Gasteiger partial charge in [0.05, 0.1) is 13.2 Å². The Labute approximate surface area is 525 Å². The van der Waals surface area contributed by atoms with Crippen LogP contribution >= 0.6 is 0 Å². The number of carbonyl (C=O) groups is 2. The number of carbonyl (C=O) groups excluding carboxylic acids is 2. The van der Waals surface area contributed by atoms with Crippen LogP contribution in [0.5, 0.6) is 11.5 Å². The van der Waals surface area contributed by atoms with E-state index in [1.54, 1.807) is 11.1 Å². The molecule has 2 aromatic carbocycles. The second-order valence-corrected chi connectivity index (χ2v) is 32.4. The Morgan fingerprint density at radius 2 is 0.837 bits per heavy atom. The van der Waals surface area contributed by atoms with Gasteiger partial charge in [-0.25, -0.2) is 0 Å². The number of hydrogen-bond acceptors (Lipinski definition) is 6. The first-order chi connectivity index (χ1) is 41.4. The Morgan fingerprint density at radius 1 is 0.442 bits per heavy atom. The molecule has 0 bridgehead atoms. The maximum atomic E-state index is 13.1. The SMILES string of the molecule is CC(C)CCC[C@@H](C)[C@H]1CC[C@H]2[C@@H]3CC=C4C[C@@H](OC(=O)CCCCCCCOc5ccc(-c6ccc(OCCCCCC(=O)O[C@H]7CC[C@@]8(C)C(=CC[C@H]9[C@@H]%10CC[C@H]([C@H](C)CCCC(C)C)[C@@]%10(C)CC[C@@H]98)C7)cc6)cc5)CC[C@]4(C)[C@H]3CC[C@]12C. The van der Waals surface area contributed by atoms with Crippen LogP contribution in [0.15, 0.2) is 71.8 Å². The first-order valence-electron chi connectivity index (χ1n) is 36.6. The predicted molar refractivity (Wildman–Crippen MR) is 355 cm³/mol. The van der Waals surface area contributed by atoms with Crippen molar-refractivity contribution in [3.05, 3.63) is 71.8 Å². The quantitative estimate of drug-likeness (QED) is 0.0459. The summed E-state index contributed by atoms with van der Waals surface area (Å²) in [6.45, 7) is 26.6. The highest BCUT2D eigenvalue weighted by Gasteiger charge is 2.61. The zero-order valence-electron chi connectivity index (χ0n) is 56.3. The van der Waals surface area contributed by atoms with Gasteiger partial charge in [-0.2, -0.15) is 0 Å². The molecule has 0 aromatic heterocycles. The monoisotopic (exact) mass is 1180 g/mol. The molecule has 0 saturated heterocycles. The molecule has 6 heteroatoms. The number of ether oxygens (including phenoxy) is 4. The van der Waals surface area contributed by atoms with Gasteiger partial charge < -0.3 is 18.9 Å². The largest absolute Gasteiger partial charge is 0.494 e. The van der Waals surface area contributed by atoms with Gasteiger partial charge in [0.2, 0.25) is 0 Å². The number of unbranched alkanes of at least 4 members (excludes halogenated alkanes) is 6. The van der Waals surface area contributed by atoms with Crippen molar-refractivity contribution in [1.29, 1.82) is 0 Å². The predicted octanol–water partition coefficient (Wildman–Crippen LogP) is 21.9. The van der Waals surface area contributed by atoms with Crippen LogP contribution in [0, 0.1) is 92.7 Å². The van der Waals surface area contributed by atoms with E-state index in [1.165, 1.54) is 116 Å². The van der Waals surface area contributed by atoms with Crippen molar-refractivity contribution < 1.29 is 28.5 Å². The van der Waals surface area contributed by atoms with Crippen LogP contribution in [0.25, 0.3) is 11.1 Å². The Balaban J connectivity index is 0.547. The van der Waals surface area contributed by atoms with E-state index in [2.05, 4.69) is 130 Å². The van der Waals surface area contributed by atoms with Gasteiger partial charge in [0.25, 0.3) is 0 Å². The fourth-order valence-corrected chi connectivity index (χ4v) is 21.3. The summed E-state index contributed by atoms with van der Waals surface area (Å²) in [4.78, 5) is 26.2. The summed E-state index contributed by atoms with van der Waals surface area (Å²) in [7, 11) is 0. The molecular weight excluding hydrogens is 1060 g/mol. The molecule has 86 heavy (non-hydrogen) atoms. The minimum Gasteiger partial charge on any atom is -0.494 e. The fraction of sp³-hybridized carbons (Fsp3) is 0.775. The lowest BCUT2D eigenvalue weighted by molar-refractivity contribution is -0.152. The van der Waals surface area contributed by atoms with Gasteiger partial charge in [-0.3, -0.25) is 9.59 Å². The van der Waals surface area contributed by atoms with E-state index in [4.69, 9.17) is 18.9 Å². The molecule has 6 fully saturated rings. The number of rotatable bonds is 29. The van der Waals surface area contributed by atoms with Crippen molar-refractivity contribution in [3.63, 3.8) is 0 Å². The van der Waals surface area contributed by atoms with Gasteiger partial charge in [0, 0.05) is 25.7 Å². The molecule has 0 aliphatic heterocycles. The summed E-state index contributed by atoms with van der Waals surface area (Å²) in [5, 5.41) is 0. The molecule has 0 N–H and O–H groups in total. The molecule has 0 spiro atoms. The van der Waals surface area contributed by atoms with Gasteiger partial charge in [-0.1, -0.05) is 175 Å². The van der Waals surface area contributed by atoms with E-state index in [0.29, 0.717) is 36.9 Å². The van der Waals surface area contributed by atoms with Crippen molar-refractivity contribution in [2.75, 3.05) is 13.2 Å². The Hall–Kier alpha value is -3.54. The minimum absolute atomic E-state index is 0.00604. The van der Waals surface area contributed by atoms with Crippen molar-refractivity contribution in [2.24, 2.45) is 92.7 Å². The fourth-order valence-electron chi connectivity index (χ4n) is 21.3. The molecule has 16 atom stereocenters. The highest BCUT2D eigenvalue weighted by Crippen LogP contribution is 2.69. The first kappa shape index (κ1) is 65.4. The summed E-state index contributed by atoms with van der Waals surface area (Å²) < 4.78 is 24.6. The molecule has 2 aromatic rings. The standard InChI is InChI=1S/C80H122O6/c1-55(2)21-19-23-57(5)69-39-41-71-67-37-31-61-53-65(43-47-77(61,7)73(67)45-49-79(69,71)9)85-75(81)25-15-12-11-13-17-51-83-63-33-27-59(28-34-63)60-29-35-64(36-30-60)84-52-18-14-16-26-76(82)86-66-44-48-78(8)62(54-66)32-38-68-72-42-40-70(58(6)24-20-22-56(3)4)80(72,10)50-46-74(68)78/h27-36,55-58,65-74H,11-26,37-54H2,1-10H3/t57-,58-,65+,66+,67+,68+,69-,70-,71+,72+,73+,74+,77+,78+,79-,80-/m1/s1. The molecule has 478 valence electrons. The molecule has 6 nitrogen and oxygen atoms in total. The van der Waals surface area contributed by atoms with Crippen molar-refractivity contribution in [3.8, 4) is 22.6 Å². The number of hydrogen-bond donors (Lipinski definition) is 0. The zero-order chi connectivity index (χ0) is 60.6. The Kier molecular flexibility index (Phi) is 22.2. The Bertz CT molecular complexity index is 2560. The van der Waals surface area contributed by atoms with E-state index in [-0.39, 0.29) is 35.0 Å². The lowest BCUT2D eigenvalue weighted by atomic mass is 9.47. The molecule has 0 heterocycles. The van der Waals surface area contributed by atoms with E-state index in [9.17, 15) is 9.59 Å². The van der Waals surface area contributed by atoms with Gasteiger partial charge in [-0.05, 0) is 250 Å². The lowest BCUT2D eigenvalue weighted by Gasteiger charge is -2.58. The first-order valence-corrected chi connectivity index (χ1v) is 36.6. The van der Waals surface area contributed by atoms with Crippen LogP contribution in [-0.4, -0.2) is 37.4 Å². The number of esters is 2. The Morgan fingerprint density at radius 3 is 1.26 bits per heavy atom. The highest BCUT2D eigenvalue weighted by molar-refractivity contribution is 5.70. The van der Waals surface area contributed by atoms with Gasteiger partial charge in [0.1, 0.15) is 23.7 Å². The summed E-state index contributed by atoms with van der Waals surface area (Å²) in [6, 6.07) is 16.8. The van der Waals surface area contributed by atoms with E-state index < -0.39 is 0 Å². The van der Waals surface area contributed by atoms with Crippen LogP contribution in [0.3, 0.4) is 0 Å². The summed E-state index contributed by atoms with van der Waals surface area (Å²) in [5.74, 6) is 11.9. The van der Waals surface area contributed by atoms with E-state index in [1.807, 2.05) is 0 Å². The summed E-state index contributed by atoms with van der Waals surface area (Å²) >= 11 is 0. The third kappa shape index (κ3) is 14.9. The normalized spacial score (nSPS) is 34.3.